The summed E-state index contributed by atoms with van der Waals surface area (Å²) in [4.78, 5) is 4.77. The molecule has 0 saturated carbocycles. The molecule has 0 bridgehead atoms. The summed E-state index contributed by atoms with van der Waals surface area (Å²) in [6.45, 7) is 11.7. The van der Waals surface area contributed by atoms with E-state index in [1.807, 2.05) is 20.2 Å². The van der Waals surface area contributed by atoms with E-state index in [4.69, 9.17) is 15.2 Å². The number of benzene rings is 2. The van der Waals surface area contributed by atoms with Crippen LogP contribution in [-0.2, 0) is 13.6 Å². The van der Waals surface area contributed by atoms with Crippen LogP contribution in [0.5, 0.6) is 0 Å². The van der Waals surface area contributed by atoms with Gasteiger partial charge in [0.25, 0.3) is 0 Å². The number of hydrogen-bond donors (Lipinski definition) is 0. The Morgan fingerprint density at radius 2 is 1.66 bits per heavy atom. The van der Waals surface area contributed by atoms with Crippen molar-refractivity contribution in [2.75, 3.05) is 0 Å². The fourth-order valence-corrected chi connectivity index (χ4v) is 5.56. The van der Waals surface area contributed by atoms with Crippen molar-refractivity contribution in [2.45, 2.75) is 53.0 Å². The minimum absolute atomic E-state index is 0.303. The van der Waals surface area contributed by atoms with Crippen molar-refractivity contribution in [1.29, 1.82) is 0 Å². The number of fused-ring (bicyclic) bond motifs is 2. The zero-order valence-electron chi connectivity index (χ0n) is 22.8. The first-order chi connectivity index (χ1) is 18.3. The highest BCUT2D eigenvalue weighted by Crippen LogP contribution is 2.37. The molecule has 1 atom stereocenters. The van der Waals surface area contributed by atoms with E-state index in [0.717, 1.165) is 56.8 Å². The lowest BCUT2D eigenvalue weighted by Crippen LogP contribution is -2.06. The minimum Gasteiger partial charge on any atom is -0.273 e. The van der Waals surface area contributed by atoms with E-state index in [-0.39, 0.29) is 0 Å². The van der Waals surface area contributed by atoms with Gasteiger partial charge in [0.05, 0.1) is 22.6 Å². The van der Waals surface area contributed by atoms with E-state index in [0.29, 0.717) is 11.8 Å². The lowest BCUT2D eigenvalue weighted by atomic mass is 9.95. The maximum absolute atomic E-state index is 5.23. The Labute approximate surface area is 222 Å². The van der Waals surface area contributed by atoms with E-state index in [1.165, 1.54) is 11.1 Å². The summed E-state index contributed by atoms with van der Waals surface area (Å²) in [5, 5.41) is 16.8. The maximum Gasteiger partial charge on any atom is 0.181 e. The second kappa shape index (κ2) is 9.24. The highest BCUT2D eigenvalue weighted by molar-refractivity contribution is 5.94. The fraction of sp³-hybridized carbons (Fsp3) is 0.290. The van der Waals surface area contributed by atoms with Gasteiger partial charge in [-0.2, -0.15) is 15.3 Å². The lowest BCUT2D eigenvalue weighted by Gasteiger charge is -2.11. The van der Waals surface area contributed by atoms with Crippen molar-refractivity contribution in [3.05, 3.63) is 89.5 Å². The smallest absolute Gasteiger partial charge is 0.181 e. The molecule has 6 rings (SSSR count). The first-order valence-electron chi connectivity index (χ1n) is 13.2. The quantitative estimate of drug-likeness (QED) is 0.253. The van der Waals surface area contributed by atoms with Gasteiger partial charge < -0.3 is 0 Å². The summed E-state index contributed by atoms with van der Waals surface area (Å²) in [7, 11) is 1.92. The molecular formula is C31H33N7. The van der Waals surface area contributed by atoms with Gasteiger partial charge in [0, 0.05) is 59.5 Å². The number of rotatable bonds is 6. The third-order valence-electron chi connectivity index (χ3n) is 7.42. The van der Waals surface area contributed by atoms with Gasteiger partial charge in [0.2, 0.25) is 0 Å². The molecule has 192 valence electrons. The van der Waals surface area contributed by atoms with Crippen LogP contribution >= 0.6 is 0 Å². The van der Waals surface area contributed by atoms with Gasteiger partial charge in [0.15, 0.2) is 5.65 Å². The molecule has 0 aliphatic carbocycles. The Kier molecular flexibility index (Phi) is 5.86. The molecule has 0 fully saturated rings. The average molecular weight is 504 g/mol. The van der Waals surface area contributed by atoms with Gasteiger partial charge in [-0.05, 0) is 37.5 Å². The number of hydrogen-bond acceptors (Lipinski definition) is 4. The SMILES string of the molecule is Cc1nc2nn(C)cc2cc1-n1nc(-c2cccc3nn(C[C@H](C)c4ccccc4)cc23)c(C(C)C)c1C. The Balaban J connectivity index is 1.46. The Morgan fingerprint density at radius 3 is 2.42 bits per heavy atom. The molecule has 0 saturated heterocycles. The zero-order valence-corrected chi connectivity index (χ0v) is 22.8. The van der Waals surface area contributed by atoms with Crippen LogP contribution < -0.4 is 0 Å². The summed E-state index contributed by atoms with van der Waals surface area (Å²) in [6, 6.07) is 19.1. The number of pyridine rings is 1. The first-order valence-corrected chi connectivity index (χ1v) is 13.2. The maximum atomic E-state index is 5.23. The van der Waals surface area contributed by atoms with Gasteiger partial charge >= 0.3 is 0 Å². The molecule has 6 aromatic rings. The third-order valence-corrected chi connectivity index (χ3v) is 7.42. The van der Waals surface area contributed by atoms with Crippen LogP contribution in [0.3, 0.4) is 0 Å². The molecule has 4 aromatic heterocycles. The molecule has 38 heavy (non-hydrogen) atoms. The molecule has 7 heteroatoms. The average Bonchev–Trinajstić information content (AvgIpc) is 3.57. The van der Waals surface area contributed by atoms with Crippen LogP contribution in [-0.4, -0.2) is 34.3 Å². The van der Waals surface area contributed by atoms with Crippen LogP contribution in [0.4, 0.5) is 0 Å². The monoisotopic (exact) mass is 503 g/mol. The molecule has 0 amide bonds. The van der Waals surface area contributed by atoms with Crippen molar-refractivity contribution in [3.8, 4) is 16.9 Å². The molecule has 0 N–H and O–H groups in total. The Hall–Kier alpha value is -4.26. The first kappa shape index (κ1) is 24.1. The lowest BCUT2D eigenvalue weighted by molar-refractivity contribution is 0.547. The minimum atomic E-state index is 0.303. The predicted octanol–water partition coefficient (Wildman–Crippen LogP) is 6.71. The van der Waals surface area contributed by atoms with Gasteiger partial charge in [0.1, 0.15) is 0 Å². The zero-order chi connectivity index (χ0) is 26.6. The summed E-state index contributed by atoms with van der Waals surface area (Å²) in [6.07, 6.45) is 4.18. The van der Waals surface area contributed by atoms with Crippen molar-refractivity contribution >= 4 is 21.9 Å². The molecule has 2 aromatic carbocycles. The third kappa shape index (κ3) is 4.08. The van der Waals surface area contributed by atoms with E-state index >= 15 is 0 Å². The highest BCUT2D eigenvalue weighted by Gasteiger charge is 2.23. The fourth-order valence-electron chi connectivity index (χ4n) is 5.56. The van der Waals surface area contributed by atoms with E-state index in [9.17, 15) is 0 Å². The molecule has 0 aliphatic heterocycles. The van der Waals surface area contributed by atoms with Crippen molar-refractivity contribution in [3.63, 3.8) is 0 Å². The summed E-state index contributed by atoms with van der Waals surface area (Å²) in [5.41, 5.74) is 9.44. The molecule has 0 radical (unpaired) electrons. The number of nitrogens with zero attached hydrogens (tertiary/aromatic N) is 7. The summed E-state index contributed by atoms with van der Waals surface area (Å²) in [5.74, 6) is 0.664. The van der Waals surface area contributed by atoms with Gasteiger partial charge in [-0.3, -0.25) is 9.36 Å². The standard InChI is InChI=1S/C31H33N7/c1-19(2)29-22(5)38(28-15-24-17-36(6)35-31(24)32-21(28)4)34-30(29)25-13-10-14-27-26(25)18-37(33-27)16-20(3)23-11-8-7-9-12-23/h7-15,17-20H,16H2,1-6H3/t20-/m0/s1. The van der Waals surface area contributed by atoms with E-state index < -0.39 is 0 Å². The molecule has 0 spiro atoms. The topological polar surface area (TPSA) is 66.3 Å². The van der Waals surface area contributed by atoms with Crippen LogP contribution in [0.2, 0.25) is 0 Å². The van der Waals surface area contributed by atoms with Crippen LogP contribution in [0, 0.1) is 13.8 Å². The van der Waals surface area contributed by atoms with Crippen molar-refractivity contribution < 1.29 is 0 Å². The summed E-state index contributed by atoms with van der Waals surface area (Å²) < 4.78 is 5.94. The molecule has 0 unspecified atom stereocenters. The second-order valence-electron chi connectivity index (χ2n) is 10.6. The molecule has 4 heterocycles. The van der Waals surface area contributed by atoms with Crippen LogP contribution in [0.1, 0.15) is 55.1 Å². The predicted molar refractivity (Wildman–Crippen MR) is 153 cm³/mol. The summed E-state index contributed by atoms with van der Waals surface area (Å²) >= 11 is 0. The second-order valence-corrected chi connectivity index (χ2v) is 10.6. The van der Waals surface area contributed by atoms with E-state index in [2.05, 4.69) is 103 Å². The Morgan fingerprint density at radius 1 is 0.868 bits per heavy atom. The molecule has 7 nitrogen and oxygen atoms in total. The van der Waals surface area contributed by atoms with Gasteiger partial charge in [-0.15, -0.1) is 0 Å². The van der Waals surface area contributed by atoms with E-state index in [1.54, 1.807) is 4.68 Å². The number of aromatic nitrogens is 7. The molecule has 0 aliphatic rings. The van der Waals surface area contributed by atoms with Crippen molar-refractivity contribution in [2.24, 2.45) is 7.05 Å². The molecular weight excluding hydrogens is 470 g/mol. The number of aryl methyl sites for hydroxylation is 2. The normalized spacial score (nSPS) is 12.7. The van der Waals surface area contributed by atoms with Gasteiger partial charge in [-0.25, -0.2) is 9.67 Å². The van der Waals surface area contributed by atoms with Crippen LogP contribution in [0.25, 0.3) is 38.9 Å². The highest BCUT2D eigenvalue weighted by atomic mass is 15.3. The van der Waals surface area contributed by atoms with Crippen molar-refractivity contribution in [1.82, 2.24) is 34.3 Å². The van der Waals surface area contributed by atoms with Crippen LogP contribution in [0.15, 0.2) is 67.0 Å². The largest absolute Gasteiger partial charge is 0.273 e. The van der Waals surface area contributed by atoms with Gasteiger partial charge in [-0.1, -0.05) is 63.2 Å². The Bertz CT molecular complexity index is 1770.